The summed E-state index contributed by atoms with van der Waals surface area (Å²) in [5.41, 5.74) is 0.559. The average molecular weight is 428 g/mol. The molecule has 29 heavy (non-hydrogen) atoms. The van der Waals surface area contributed by atoms with Crippen LogP contribution in [-0.2, 0) is 35.5 Å². The number of sulfonamides is 1. The maximum absolute atomic E-state index is 12.2. The summed E-state index contributed by atoms with van der Waals surface area (Å²) >= 11 is 0. The average Bonchev–Trinajstić information content (AvgIpc) is 2.66. The smallest absolute Gasteiger partial charge is 0.534 e. The van der Waals surface area contributed by atoms with Gasteiger partial charge in [0.15, 0.2) is 0 Å². The largest absolute Gasteiger partial charge is 0.547 e. The molecule has 0 radical (unpaired) electrons. The van der Waals surface area contributed by atoms with Crippen LogP contribution in [0.1, 0.15) is 29.3 Å². The Hall–Kier alpha value is -2.64. The molecule has 1 heterocycles. The lowest BCUT2D eigenvalue weighted by molar-refractivity contribution is -0.149. The molecule has 1 aromatic carbocycles. The van der Waals surface area contributed by atoms with Crippen LogP contribution in [0.2, 0.25) is 0 Å². The molecule has 0 bridgehead atoms. The van der Waals surface area contributed by atoms with Crippen LogP contribution in [0.15, 0.2) is 18.2 Å². The first kappa shape index (κ1) is 22.7. The van der Waals surface area contributed by atoms with Crippen molar-refractivity contribution in [3.8, 4) is 5.75 Å². The molecule has 1 aromatic rings. The number of carbonyl (C=O) groups is 3. The number of benzene rings is 1. The highest BCUT2D eigenvalue weighted by Gasteiger charge is 2.38. The van der Waals surface area contributed by atoms with Crippen molar-refractivity contribution < 1.29 is 42.0 Å². The molecule has 0 saturated heterocycles. The van der Waals surface area contributed by atoms with E-state index in [-0.39, 0.29) is 24.2 Å². The van der Waals surface area contributed by atoms with Crippen LogP contribution in [-0.4, -0.2) is 63.9 Å². The third-order valence-electron chi connectivity index (χ3n) is 4.05. The Bertz CT molecular complexity index is 890. The number of fused-ring (bicyclic) bond motifs is 1. The van der Waals surface area contributed by atoms with Crippen molar-refractivity contribution in [2.75, 3.05) is 19.6 Å². The summed E-state index contributed by atoms with van der Waals surface area (Å²) in [6.07, 6.45) is -0.145. The Morgan fingerprint density at radius 2 is 2.03 bits per heavy atom. The first-order valence-electron chi connectivity index (χ1n) is 8.60. The van der Waals surface area contributed by atoms with Crippen molar-refractivity contribution >= 4 is 35.0 Å². The minimum absolute atomic E-state index is 0.0265. The molecule has 1 amide bonds. The number of rotatable bonds is 8. The van der Waals surface area contributed by atoms with E-state index in [1.165, 1.54) is 20.0 Å². The highest BCUT2D eigenvalue weighted by molar-refractivity contribution is 7.89. The van der Waals surface area contributed by atoms with Crippen molar-refractivity contribution in [3.05, 3.63) is 29.3 Å². The lowest BCUT2D eigenvalue weighted by Gasteiger charge is -2.29. The van der Waals surface area contributed by atoms with Gasteiger partial charge in [-0.2, -0.15) is 0 Å². The Balaban J connectivity index is 2.03. The summed E-state index contributed by atoms with van der Waals surface area (Å²) in [5.74, 6) is -3.13. The predicted octanol–water partition coefficient (Wildman–Crippen LogP) is -1.26. The Labute approximate surface area is 167 Å². The van der Waals surface area contributed by atoms with Gasteiger partial charge in [0.1, 0.15) is 11.3 Å². The van der Waals surface area contributed by atoms with Crippen molar-refractivity contribution in [3.63, 3.8) is 0 Å². The van der Waals surface area contributed by atoms with Gasteiger partial charge in [0.05, 0.1) is 11.7 Å². The van der Waals surface area contributed by atoms with E-state index in [9.17, 15) is 27.8 Å². The van der Waals surface area contributed by atoms with E-state index in [1.54, 1.807) is 12.1 Å². The van der Waals surface area contributed by atoms with E-state index in [4.69, 9.17) is 9.39 Å². The minimum atomic E-state index is -3.53. The lowest BCUT2D eigenvalue weighted by Crippen LogP contribution is -2.53. The van der Waals surface area contributed by atoms with E-state index < -0.39 is 53.5 Å². The van der Waals surface area contributed by atoms with Gasteiger partial charge in [0.2, 0.25) is 22.7 Å². The van der Waals surface area contributed by atoms with Gasteiger partial charge in [-0.25, -0.2) is 17.9 Å². The van der Waals surface area contributed by atoms with Gasteiger partial charge in [0, 0.05) is 13.3 Å². The zero-order valence-electron chi connectivity index (χ0n) is 15.8. The molecule has 0 spiro atoms. The van der Waals surface area contributed by atoms with Gasteiger partial charge in [-0.3, -0.25) is 9.59 Å². The molecule has 0 aliphatic carbocycles. The molecule has 0 aromatic heterocycles. The molecule has 0 fully saturated rings. The van der Waals surface area contributed by atoms with Gasteiger partial charge >= 0.3 is 19.1 Å². The van der Waals surface area contributed by atoms with Crippen molar-refractivity contribution in [2.24, 2.45) is 0 Å². The first-order chi connectivity index (χ1) is 13.6. The number of para-hydroxylation sites is 1. The second-order valence-electron chi connectivity index (χ2n) is 6.14. The Morgan fingerprint density at radius 3 is 2.69 bits per heavy atom. The van der Waals surface area contributed by atoms with Crippen molar-refractivity contribution in [1.82, 2.24) is 10.0 Å². The maximum Gasteiger partial charge on any atom is 0.547 e. The number of hydrogen-bond acceptors (Lipinski definition) is 9. The zero-order chi connectivity index (χ0) is 21.6. The minimum Gasteiger partial charge on any atom is -0.534 e. The van der Waals surface area contributed by atoms with Gasteiger partial charge in [-0.1, -0.05) is 12.1 Å². The molecule has 0 saturated carbocycles. The van der Waals surface area contributed by atoms with Gasteiger partial charge in [0.25, 0.3) is 0 Å². The second-order valence-corrected chi connectivity index (χ2v) is 8.18. The molecule has 2 rings (SSSR count). The fourth-order valence-corrected chi connectivity index (χ4v) is 3.22. The van der Waals surface area contributed by atoms with Crippen molar-refractivity contribution in [1.29, 1.82) is 0 Å². The topological polar surface area (TPSA) is 157 Å². The summed E-state index contributed by atoms with van der Waals surface area (Å²) in [6, 6.07) is 4.64. The third kappa shape index (κ3) is 6.44. The highest BCUT2D eigenvalue weighted by atomic mass is 32.2. The summed E-state index contributed by atoms with van der Waals surface area (Å²) < 4.78 is 39.7. The number of hydrogen-bond donors (Lipinski definition) is 3. The molecule has 3 N–H and O–H groups in total. The highest BCUT2D eigenvalue weighted by Crippen LogP contribution is 2.30. The van der Waals surface area contributed by atoms with Crippen LogP contribution in [0.25, 0.3) is 0 Å². The van der Waals surface area contributed by atoms with E-state index in [0.29, 0.717) is 5.56 Å². The molecular weight excluding hydrogens is 407 g/mol. The Morgan fingerprint density at radius 1 is 1.31 bits per heavy atom. The maximum atomic E-state index is 12.2. The number of ether oxygens (including phenoxy) is 2. The molecule has 158 valence electrons. The number of nitrogens with one attached hydrogen (secondary N) is 2. The number of esters is 2. The molecule has 1 unspecified atom stereocenters. The summed E-state index contributed by atoms with van der Waals surface area (Å²) in [5, 5.41) is 12.7. The van der Waals surface area contributed by atoms with Crippen LogP contribution < -0.4 is 14.7 Å². The predicted molar refractivity (Wildman–Crippen MR) is 100 cm³/mol. The molecule has 1 aliphatic rings. The van der Waals surface area contributed by atoms with Crippen LogP contribution in [0, 0.1) is 0 Å². The SMILES string of the molecule is CNS(=O)(=O)CCC(=O)NC1Cc2cccc(C(=O)OCOC(C)=O)c2OB1O. The van der Waals surface area contributed by atoms with E-state index in [0.717, 1.165) is 0 Å². The quantitative estimate of drug-likeness (QED) is 0.261. The Kier molecular flexibility index (Phi) is 7.59. The standard InChI is InChI=1S/C16H21BN2O9S/c1-10(20)26-9-27-16(22)12-5-3-4-11-8-13(17(23)28-15(11)12)19-14(21)6-7-29(24,25)18-2/h3-5,13,18,23H,6-9H2,1-2H3,(H,19,21). The number of amides is 1. The second kappa shape index (κ2) is 9.72. The lowest BCUT2D eigenvalue weighted by atomic mass is 9.72. The fourth-order valence-electron chi connectivity index (χ4n) is 2.56. The molecule has 1 atom stereocenters. The van der Waals surface area contributed by atoms with Crippen molar-refractivity contribution in [2.45, 2.75) is 25.7 Å². The molecular formula is C16H21BN2O9S. The zero-order valence-corrected chi connectivity index (χ0v) is 16.7. The van der Waals surface area contributed by atoms with E-state index >= 15 is 0 Å². The van der Waals surface area contributed by atoms with Gasteiger partial charge in [-0.15, -0.1) is 0 Å². The van der Waals surface area contributed by atoms with Crippen LogP contribution in [0.4, 0.5) is 0 Å². The first-order valence-corrected chi connectivity index (χ1v) is 10.3. The summed E-state index contributed by atoms with van der Waals surface area (Å²) in [6.45, 7) is 0.606. The third-order valence-corrected chi connectivity index (χ3v) is 5.41. The van der Waals surface area contributed by atoms with Gasteiger partial charge < -0.3 is 24.5 Å². The summed E-state index contributed by atoms with van der Waals surface area (Å²) in [7, 11) is -3.75. The van der Waals surface area contributed by atoms with Gasteiger partial charge in [-0.05, 0) is 25.1 Å². The fraction of sp³-hybridized carbons (Fsp3) is 0.438. The normalized spacial score (nSPS) is 15.7. The van der Waals surface area contributed by atoms with E-state index in [1.807, 2.05) is 0 Å². The van der Waals surface area contributed by atoms with E-state index in [2.05, 4.69) is 14.8 Å². The molecule has 11 nitrogen and oxygen atoms in total. The van der Waals surface area contributed by atoms with Crippen LogP contribution >= 0.6 is 0 Å². The van der Waals surface area contributed by atoms with Crippen LogP contribution in [0.3, 0.4) is 0 Å². The molecule has 13 heteroatoms. The van der Waals surface area contributed by atoms with Crippen LogP contribution in [0.5, 0.6) is 5.75 Å². The number of carbonyl (C=O) groups excluding carboxylic acids is 3. The summed E-state index contributed by atoms with van der Waals surface area (Å²) in [4.78, 5) is 34.9. The monoisotopic (exact) mass is 428 g/mol. The molecule has 1 aliphatic heterocycles.